The third-order valence-electron chi connectivity index (χ3n) is 11.3. The summed E-state index contributed by atoms with van der Waals surface area (Å²) in [6.07, 6.45) is 0. The van der Waals surface area contributed by atoms with Gasteiger partial charge in [-0.05, 0) is 82.6 Å². The fraction of sp³-hybridized carbons (Fsp3) is 0. The first kappa shape index (κ1) is 31.2. The third-order valence-corrected chi connectivity index (χ3v) is 12.5. The Morgan fingerprint density at radius 2 is 1.09 bits per heavy atom. The maximum Gasteiger partial charge on any atom is 0.145 e. The zero-order valence-electron chi connectivity index (χ0n) is 30.1. The summed E-state index contributed by atoms with van der Waals surface area (Å²) in [5.41, 5.74) is 11.1. The van der Waals surface area contributed by atoms with Gasteiger partial charge in [0.05, 0.1) is 11.3 Å². The van der Waals surface area contributed by atoms with E-state index in [1.165, 1.54) is 42.1 Å². The molecule has 56 heavy (non-hydrogen) atoms. The smallest absolute Gasteiger partial charge is 0.145 e. The predicted octanol–water partition coefficient (Wildman–Crippen LogP) is 15.8. The molecule has 0 atom stereocenters. The number of nitrogens with zero attached hydrogens (tertiary/aromatic N) is 1. The number of benzene rings is 9. The summed E-state index contributed by atoms with van der Waals surface area (Å²) < 4.78 is 16.0. The van der Waals surface area contributed by atoms with Crippen molar-refractivity contribution in [1.82, 2.24) is 0 Å². The molecule has 3 nitrogen and oxygen atoms in total. The highest BCUT2D eigenvalue weighted by atomic mass is 32.1. The second-order valence-corrected chi connectivity index (χ2v) is 15.5. The highest BCUT2D eigenvalue weighted by Crippen LogP contribution is 2.51. The highest BCUT2D eigenvalue weighted by Gasteiger charge is 2.26. The number of hydrogen-bond acceptors (Lipinski definition) is 4. The van der Waals surface area contributed by atoms with E-state index < -0.39 is 0 Å². The van der Waals surface area contributed by atoms with E-state index in [9.17, 15) is 0 Å². The van der Waals surface area contributed by atoms with Crippen LogP contribution in [0, 0.1) is 0 Å². The molecule has 0 aliphatic rings. The number of hydrogen-bond donors (Lipinski definition) is 0. The van der Waals surface area contributed by atoms with Crippen LogP contribution in [0.4, 0.5) is 17.1 Å². The van der Waals surface area contributed by atoms with Gasteiger partial charge in [0.2, 0.25) is 0 Å². The maximum atomic E-state index is 7.13. The first-order valence-electron chi connectivity index (χ1n) is 18.9. The Bertz CT molecular complexity index is 3480. The Kier molecular flexibility index (Phi) is 6.80. The minimum Gasteiger partial charge on any atom is -0.456 e. The number of anilines is 3. The molecule has 0 saturated carbocycles. The van der Waals surface area contributed by atoms with Crippen molar-refractivity contribution in [3.05, 3.63) is 188 Å². The summed E-state index contributed by atoms with van der Waals surface area (Å²) in [6.45, 7) is 0. The van der Waals surface area contributed by atoms with Crippen LogP contribution in [0.1, 0.15) is 0 Å². The number of furan rings is 2. The van der Waals surface area contributed by atoms with E-state index in [1.54, 1.807) is 0 Å². The lowest BCUT2D eigenvalue weighted by atomic mass is 9.96. The fourth-order valence-electron chi connectivity index (χ4n) is 8.70. The predicted molar refractivity (Wildman–Crippen MR) is 237 cm³/mol. The summed E-state index contributed by atoms with van der Waals surface area (Å²) >= 11 is 1.84. The molecule has 12 aromatic rings. The van der Waals surface area contributed by atoms with E-state index >= 15 is 0 Å². The summed E-state index contributed by atoms with van der Waals surface area (Å²) in [4.78, 5) is 2.40. The lowest BCUT2D eigenvalue weighted by Gasteiger charge is -2.28. The van der Waals surface area contributed by atoms with Gasteiger partial charge in [-0.15, -0.1) is 11.3 Å². The number of para-hydroxylation sites is 1. The van der Waals surface area contributed by atoms with Crippen molar-refractivity contribution < 1.29 is 8.83 Å². The summed E-state index contributed by atoms with van der Waals surface area (Å²) in [5.74, 6) is 0. The summed E-state index contributed by atoms with van der Waals surface area (Å²) in [5, 5.41) is 9.20. The van der Waals surface area contributed by atoms with Crippen molar-refractivity contribution in [3.8, 4) is 22.3 Å². The lowest BCUT2D eigenvalue weighted by molar-refractivity contribution is 0.663. The Morgan fingerprint density at radius 1 is 0.411 bits per heavy atom. The number of thiophene rings is 1. The third kappa shape index (κ3) is 4.70. The summed E-state index contributed by atoms with van der Waals surface area (Å²) in [6, 6.07) is 67.2. The van der Waals surface area contributed by atoms with Crippen LogP contribution in [0.15, 0.2) is 197 Å². The van der Waals surface area contributed by atoms with E-state index in [2.05, 4.69) is 175 Å². The molecule has 0 amide bonds. The largest absolute Gasteiger partial charge is 0.456 e. The molecule has 0 saturated heterocycles. The van der Waals surface area contributed by atoms with Gasteiger partial charge in [-0.1, -0.05) is 127 Å². The van der Waals surface area contributed by atoms with Gasteiger partial charge >= 0.3 is 0 Å². The van der Waals surface area contributed by atoms with Crippen molar-refractivity contribution in [3.63, 3.8) is 0 Å². The Balaban J connectivity index is 1.20. The zero-order valence-corrected chi connectivity index (χ0v) is 30.9. The molecule has 3 heterocycles. The van der Waals surface area contributed by atoms with Crippen molar-refractivity contribution >= 4 is 103 Å². The van der Waals surface area contributed by atoms with Crippen LogP contribution in [-0.4, -0.2) is 0 Å². The Morgan fingerprint density at radius 3 is 1.96 bits per heavy atom. The van der Waals surface area contributed by atoms with Crippen molar-refractivity contribution in [2.45, 2.75) is 0 Å². The second kappa shape index (κ2) is 12.2. The molecule has 0 aliphatic heterocycles. The molecule has 0 aliphatic carbocycles. The lowest BCUT2D eigenvalue weighted by Crippen LogP contribution is -2.11. The van der Waals surface area contributed by atoms with E-state index in [4.69, 9.17) is 8.83 Å². The monoisotopic (exact) mass is 733 g/mol. The van der Waals surface area contributed by atoms with Crippen molar-refractivity contribution in [1.29, 1.82) is 0 Å². The van der Waals surface area contributed by atoms with Gasteiger partial charge in [0.25, 0.3) is 0 Å². The topological polar surface area (TPSA) is 29.5 Å². The van der Waals surface area contributed by atoms with Gasteiger partial charge in [0.1, 0.15) is 22.3 Å². The van der Waals surface area contributed by atoms with E-state index in [1.807, 2.05) is 29.5 Å². The van der Waals surface area contributed by atoms with Crippen LogP contribution >= 0.6 is 11.3 Å². The normalized spacial score (nSPS) is 11.9. The average Bonchev–Trinajstić information content (AvgIpc) is 3.95. The van der Waals surface area contributed by atoms with E-state index in [0.717, 1.165) is 72.1 Å². The molecule has 262 valence electrons. The molecule has 0 N–H and O–H groups in total. The fourth-order valence-corrected chi connectivity index (χ4v) is 9.92. The molecular formula is C52H31NO2S. The van der Waals surface area contributed by atoms with Crippen molar-refractivity contribution in [2.75, 3.05) is 4.90 Å². The van der Waals surface area contributed by atoms with E-state index in [-0.39, 0.29) is 0 Å². The van der Waals surface area contributed by atoms with Gasteiger partial charge < -0.3 is 13.7 Å². The standard InChI is InChI=1S/C52H31NO2S/c1-2-11-32(12-3-1)34-21-24-36(25-22-34)53(37-26-23-33-13-4-5-14-35(33)31-37)43-28-27-41-50-46(30-29-45-49(50)40-16-6-8-19-44(40)54-45)55-51(41)48(43)42-18-10-17-39-38-15-7-9-20-47(38)56-52(39)42/h1-31H. The van der Waals surface area contributed by atoms with E-state index in [0.29, 0.717) is 0 Å². The van der Waals surface area contributed by atoms with Crippen LogP contribution in [-0.2, 0) is 0 Å². The quantitative estimate of drug-likeness (QED) is 0.176. The molecule has 0 bridgehead atoms. The van der Waals surface area contributed by atoms with Gasteiger partial charge in [0.15, 0.2) is 0 Å². The molecule has 0 spiro atoms. The van der Waals surface area contributed by atoms with Crippen LogP contribution in [0.25, 0.3) is 97.1 Å². The maximum absolute atomic E-state index is 7.13. The minimum absolute atomic E-state index is 0.838. The van der Waals surface area contributed by atoms with Crippen LogP contribution in [0.3, 0.4) is 0 Å². The minimum atomic E-state index is 0.838. The summed E-state index contributed by atoms with van der Waals surface area (Å²) in [7, 11) is 0. The first-order chi connectivity index (χ1) is 27.8. The molecule has 9 aromatic carbocycles. The number of fused-ring (bicyclic) bond motifs is 11. The van der Waals surface area contributed by atoms with Gasteiger partial charge in [-0.3, -0.25) is 0 Å². The SMILES string of the molecule is c1ccc(-c2ccc(N(c3ccc4ccccc4c3)c3ccc4c(oc5ccc6oc7ccccc7c6c54)c3-c3cccc4c3sc3ccccc34)cc2)cc1. The molecule has 0 unspecified atom stereocenters. The molecule has 4 heteroatoms. The van der Waals surface area contributed by atoms with Crippen LogP contribution in [0.5, 0.6) is 0 Å². The van der Waals surface area contributed by atoms with Crippen LogP contribution in [0.2, 0.25) is 0 Å². The molecule has 12 rings (SSSR count). The average molecular weight is 734 g/mol. The molecular weight excluding hydrogens is 703 g/mol. The highest BCUT2D eigenvalue weighted by molar-refractivity contribution is 7.26. The number of rotatable bonds is 5. The van der Waals surface area contributed by atoms with Crippen LogP contribution < -0.4 is 4.90 Å². The Labute approximate surface area is 325 Å². The van der Waals surface area contributed by atoms with Gasteiger partial charge in [-0.2, -0.15) is 0 Å². The molecule has 3 aromatic heterocycles. The van der Waals surface area contributed by atoms with Gasteiger partial charge in [0, 0.05) is 58.7 Å². The second-order valence-electron chi connectivity index (χ2n) is 14.4. The zero-order chi connectivity index (χ0) is 36.7. The van der Waals surface area contributed by atoms with Gasteiger partial charge in [-0.25, -0.2) is 0 Å². The van der Waals surface area contributed by atoms with Crippen molar-refractivity contribution in [2.24, 2.45) is 0 Å². The molecule has 0 radical (unpaired) electrons. The first-order valence-corrected chi connectivity index (χ1v) is 19.7. The molecule has 0 fully saturated rings. The Hall–Kier alpha value is -7.14.